The number of nitrogens with zero attached hydrogens (tertiary/aromatic N) is 2. The first kappa shape index (κ1) is 21.1. The van der Waals surface area contributed by atoms with Gasteiger partial charge < -0.3 is 14.3 Å². The molecule has 0 radical (unpaired) electrons. The van der Waals surface area contributed by atoms with Gasteiger partial charge in [0, 0.05) is 28.9 Å². The van der Waals surface area contributed by atoms with Crippen LogP contribution >= 0.6 is 11.6 Å². The molecule has 2 aromatic heterocycles. The van der Waals surface area contributed by atoms with Crippen LogP contribution in [0.3, 0.4) is 0 Å². The van der Waals surface area contributed by atoms with E-state index in [4.69, 9.17) is 16.0 Å². The van der Waals surface area contributed by atoms with Crippen molar-refractivity contribution in [1.29, 1.82) is 0 Å². The summed E-state index contributed by atoms with van der Waals surface area (Å²) in [5, 5.41) is 3.83. The second-order valence-electron chi connectivity index (χ2n) is 9.51. The largest absolute Gasteiger partial charge is 0.463 e. The molecule has 1 N–H and O–H groups in total. The normalized spacial score (nSPS) is 25.8. The highest BCUT2D eigenvalue weighted by atomic mass is 35.5. The zero-order valence-electron chi connectivity index (χ0n) is 18.7. The first-order valence-corrected chi connectivity index (χ1v) is 11.6. The number of anilines is 1. The van der Waals surface area contributed by atoms with Crippen LogP contribution < -0.4 is 10.2 Å². The van der Waals surface area contributed by atoms with Crippen molar-refractivity contribution in [2.24, 2.45) is 5.92 Å². The Bertz CT molecular complexity index is 1200. The number of amides is 2. The number of carbonyl (C=O) groups excluding carboxylic acids is 2. The molecule has 32 heavy (non-hydrogen) atoms. The maximum atomic E-state index is 13.8. The van der Waals surface area contributed by atoms with Crippen LogP contribution in [0.5, 0.6) is 0 Å². The van der Waals surface area contributed by atoms with Crippen LogP contribution in [0.2, 0.25) is 5.02 Å². The van der Waals surface area contributed by atoms with E-state index in [0.717, 1.165) is 36.8 Å². The van der Waals surface area contributed by atoms with Gasteiger partial charge in [0.15, 0.2) is 5.58 Å². The summed E-state index contributed by atoms with van der Waals surface area (Å²) in [5.41, 5.74) is 2.28. The number of rotatable bonds is 3. The van der Waals surface area contributed by atoms with Crippen molar-refractivity contribution in [3.8, 4) is 0 Å². The van der Waals surface area contributed by atoms with Gasteiger partial charge in [-0.25, -0.2) is 0 Å². The van der Waals surface area contributed by atoms with Gasteiger partial charge in [0.25, 0.3) is 5.91 Å². The third kappa shape index (κ3) is 3.24. The standard InChI is InChI=1S/C25H28ClN3O3/c1-15-7-9-17(10-8-15)27-24(31)25(3)14-28-20-11-12-32-22(20)13-21(28)23(30)29(25)19-6-4-5-18(26)16(19)2/h4-6,11-13,15,17H,7-10,14H2,1-3H3,(H,27,31)/t15?,17?,25-/m0/s1. The molecule has 5 rings (SSSR count). The van der Waals surface area contributed by atoms with E-state index >= 15 is 0 Å². The van der Waals surface area contributed by atoms with Crippen molar-refractivity contribution in [3.63, 3.8) is 0 Å². The number of fused-ring (bicyclic) bond motifs is 3. The van der Waals surface area contributed by atoms with Crippen molar-refractivity contribution in [3.05, 3.63) is 52.9 Å². The number of hydrogen-bond acceptors (Lipinski definition) is 3. The Morgan fingerprint density at radius 3 is 2.72 bits per heavy atom. The molecule has 0 unspecified atom stereocenters. The lowest BCUT2D eigenvalue weighted by molar-refractivity contribution is -0.127. The molecular weight excluding hydrogens is 426 g/mol. The van der Waals surface area contributed by atoms with E-state index in [2.05, 4.69) is 12.2 Å². The van der Waals surface area contributed by atoms with E-state index in [1.807, 2.05) is 36.6 Å². The molecule has 1 aliphatic heterocycles. The summed E-state index contributed by atoms with van der Waals surface area (Å²) in [6.45, 7) is 6.32. The zero-order valence-corrected chi connectivity index (χ0v) is 19.4. The average molecular weight is 454 g/mol. The molecular formula is C25H28ClN3O3. The molecule has 1 atom stereocenters. The predicted octanol–water partition coefficient (Wildman–Crippen LogP) is 5.31. The van der Waals surface area contributed by atoms with Gasteiger partial charge in [-0.15, -0.1) is 0 Å². The third-order valence-electron chi connectivity index (χ3n) is 7.22. The van der Waals surface area contributed by atoms with E-state index in [1.54, 1.807) is 23.3 Å². The lowest BCUT2D eigenvalue weighted by Crippen LogP contribution is -2.65. The molecule has 1 aliphatic carbocycles. The number of carbonyl (C=O) groups is 2. The van der Waals surface area contributed by atoms with Gasteiger partial charge in [0.05, 0.1) is 18.3 Å². The van der Waals surface area contributed by atoms with Crippen LogP contribution in [-0.2, 0) is 11.3 Å². The van der Waals surface area contributed by atoms with E-state index in [0.29, 0.717) is 34.4 Å². The maximum absolute atomic E-state index is 13.8. The van der Waals surface area contributed by atoms with E-state index in [-0.39, 0.29) is 17.9 Å². The molecule has 2 amide bonds. The van der Waals surface area contributed by atoms with Crippen LogP contribution in [0, 0.1) is 12.8 Å². The van der Waals surface area contributed by atoms with Crippen molar-refractivity contribution in [2.75, 3.05) is 4.90 Å². The summed E-state index contributed by atoms with van der Waals surface area (Å²) in [6.07, 6.45) is 5.75. The summed E-state index contributed by atoms with van der Waals surface area (Å²) >= 11 is 6.41. The highest BCUT2D eigenvalue weighted by Crippen LogP contribution is 2.39. The Morgan fingerprint density at radius 1 is 1.22 bits per heavy atom. The monoisotopic (exact) mass is 453 g/mol. The molecule has 2 aliphatic rings. The van der Waals surface area contributed by atoms with Gasteiger partial charge in [-0.1, -0.05) is 24.6 Å². The SMILES string of the molecule is Cc1c(Cl)cccc1N1C(=O)c2cc3occc3n2C[C@@]1(C)C(=O)NC1CCC(C)CC1. The molecule has 0 spiro atoms. The Hall–Kier alpha value is -2.73. The molecule has 168 valence electrons. The van der Waals surface area contributed by atoms with Crippen LogP contribution in [0.4, 0.5) is 5.69 Å². The molecule has 7 heteroatoms. The summed E-state index contributed by atoms with van der Waals surface area (Å²) < 4.78 is 7.45. The number of hydrogen-bond donors (Lipinski definition) is 1. The second-order valence-corrected chi connectivity index (χ2v) is 9.92. The summed E-state index contributed by atoms with van der Waals surface area (Å²) in [7, 11) is 0. The number of furan rings is 1. The Kier molecular flexibility index (Phi) is 5.08. The quantitative estimate of drug-likeness (QED) is 0.584. The average Bonchev–Trinajstić information content (AvgIpc) is 3.35. The molecule has 3 heterocycles. The number of halogens is 1. The van der Waals surface area contributed by atoms with Crippen LogP contribution in [-0.4, -0.2) is 28.0 Å². The number of benzene rings is 1. The topological polar surface area (TPSA) is 67.5 Å². The van der Waals surface area contributed by atoms with Crippen LogP contribution in [0.15, 0.2) is 41.0 Å². The first-order chi connectivity index (χ1) is 15.3. The van der Waals surface area contributed by atoms with Crippen molar-refractivity contribution in [1.82, 2.24) is 9.88 Å². The summed E-state index contributed by atoms with van der Waals surface area (Å²) in [6, 6.07) is 9.20. The van der Waals surface area contributed by atoms with Crippen molar-refractivity contribution < 1.29 is 14.0 Å². The second kappa shape index (κ2) is 7.69. The van der Waals surface area contributed by atoms with Gasteiger partial charge in [-0.3, -0.25) is 14.5 Å². The number of nitrogens with one attached hydrogen (secondary N) is 1. The van der Waals surface area contributed by atoms with Gasteiger partial charge in [-0.05, 0) is 63.1 Å². The smallest absolute Gasteiger partial charge is 0.276 e. The minimum absolute atomic E-state index is 0.132. The first-order valence-electron chi connectivity index (χ1n) is 11.3. The zero-order chi connectivity index (χ0) is 22.6. The Morgan fingerprint density at radius 2 is 1.97 bits per heavy atom. The highest BCUT2D eigenvalue weighted by molar-refractivity contribution is 6.32. The Labute approximate surface area is 192 Å². The third-order valence-corrected chi connectivity index (χ3v) is 7.63. The van der Waals surface area contributed by atoms with E-state index < -0.39 is 5.54 Å². The molecule has 6 nitrogen and oxygen atoms in total. The fraction of sp³-hybridized carbons (Fsp3) is 0.440. The van der Waals surface area contributed by atoms with E-state index in [9.17, 15) is 9.59 Å². The van der Waals surface area contributed by atoms with Gasteiger partial charge in [0.1, 0.15) is 11.2 Å². The molecule has 1 aromatic carbocycles. The maximum Gasteiger partial charge on any atom is 0.276 e. The fourth-order valence-electron chi connectivity index (χ4n) is 5.17. The summed E-state index contributed by atoms with van der Waals surface area (Å²) in [5.74, 6) is 0.320. The molecule has 1 saturated carbocycles. The fourth-order valence-corrected chi connectivity index (χ4v) is 5.34. The van der Waals surface area contributed by atoms with Crippen LogP contribution in [0.1, 0.15) is 55.6 Å². The predicted molar refractivity (Wildman–Crippen MR) is 125 cm³/mol. The van der Waals surface area contributed by atoms with E-state index in [1.165, 1.54) is 0 Å². The minimum Gasteiger partial charge on any atom is -0.463 e. The number of aromatic nitrogens is 1. The minimum atomic E-state index is -1.12. The molecule has 1 fully saturated rings. The van der Waals surface area contributed by atoms with Gasteiger partial charge in [0.2, 0.25) is 5.91 Å². The van der Waals surface area contributed by atoms with Crippen molar-refractivity contribution in [2.45, 2.75) is 64.6 Å². The van der Waals surface area contributed by atoms with Crippen LogP contribution in [0.25, 0.3) is 11.1 Å². The molecule has 3 aromatic rings. The van der Waals surface area contributed by atoms with Gasteiger partial charge >= 0.3 is 0 Å². The lowest BCUT2D eigenvalue weighted by atomic mass is 9.86. The Balaban J connectivity index is 1.60. The molecule has 0 bridgehead atoms. The summed E-state index contributed by atoms with van der Waals surface area (Å²) in [4.78, 5) is 29.3. The molecule has 0 saturated heterocycles. The lowest BCUT2D eigenvalue weighted by Gasteiger charge is -2.45. The van der Waals surface area contributed by atoms with Gasteiger partial charge in [-0.2, -0.15) is 0 Å². The highest BCUT2D eigenvalue weighted by Gasteiger charge is 2.49. The van der Waals surface area contributed by atoms with Crippen molar-refractivity contribution >= 4 is 40.2 Å².